The van der Waals surface area contributed by atoms with Crippen LogP contribution in [0, 0.1) is 0 Å². The van der Waals surface area contributed by atoms with E-state index < -0.39 is 48.2 Å². The number of methoxy groups -OCH3 is 1. The van der Waals surface area contributed by atoms with Crippen LogP contribution in [0.3, 0.4) is 0 Å². The standard InChI is InChI=1S/C17H18O4.C16H16O4.Na.H2O/c1-21-16(20)15(19)17(12-18,13-8-4-2-5-9-13)14-10-6-3-7-11-14;17-11-16(14(18)15(19)20,12-7-3-1-4-8-12)13-9-5-2-6-10-13;;/h2-11,15,18-19H,12H2,1H3;1-10,14,17-18H,11H2,(H,19,20);;1H2/q;;+1;/p-1. The van der Waals surface area contributed by atoms with E-state index in [9.17, 15) is 35.1 Å². The van der Waals surface area contributed by atoms with Gasteiger partial charge in [0.2, 0.25) is 0 Å². The maximum Gasteiger partial charge on any atom is 1.00 e. The van der Waals surface area contributed by atoms with Crippen molar-refractivity contribution in [3.05, 3.63) is 144 Å². The predicted octanol–water partition coefficient (Wildman–Crippen LogP) is -0.263. The summed E-state index contributed by atoms with van der Waals surface area (Å²) in [7, 11) is 1.21. The number of hydrogen-bond acceptors (Lipinski definition) is 8. The zero-order valence-electron chi connectivity index (χ0n) is 24.0. The van der Waals surface area contributed by atoms with Gasteiger partial charge in [-0.15, -0.1) is 0 Å². The number of aliphatic hydroxyl groups excluding tert-OH is 4. The Morgan fingerprint density at radius 1 is 0.605 bits per heavy atom. The largest absolute Gasteiger partial charge is 1.00 e. The summed E-state index contributed by atoms with van der Waals surface area (Å²) < 4.78 is 4.66. The molecule has 0 saturated heterocycles. The average Bonchev–Trinajstić information content (AvgIpc) is 3.04. The Bertz CT molecular complexity index is 1290. The van der Waals surface area contributed by atoms with Crippen molar-refractivity contribution in [3.8, 4) is 0 Å². The molecule has 2 atom stereocenters. The molecule has 0 aromatic heterocycles. The van der Waals surface area contributed by atoms with Gasteiger partial charge in [-0.2, -0.15) is 0 Å². The van der Waals surface area contributed by atoms with Gasteiger partial charge >= 0.3 is 41.5 Å². The maximum atomic E-state index is 11.9. The summed E-state index contributed by atoms with van der Waals surface area (Å²) in [6.07, 6.45) is -3.24. The van der Waals surface area contributed by atoms with Crippen LogP contribution >= 0.6 is 0 Å². The number of rotatable bonds is 10. The number of hydrogen-bond donors (Lipinski definition) is 5. The normalized spacial score (nSPS) is 12.2. The Morgan fingerprint density at radius 3 is 1.07 bits per heavy atom. The third-order valence-corrected chi connectivity index (χ3v) is 7.25. The van der Waals surface area contributed by atoms with Crippen molar-refractivity contribution in [2.24, 2.45) is 0 Å². The first-order chi connectivity index (χ1) is 19.8. The molecular weight excluding hydrogens is 563 g/mol. The monoisotopic (exact) mass is 598 g/mol. The Hall–Kier alpha value is -3.38. The third-order valence-electron chi connectivity index (χ3n) is 7.25. The van der Waals surface area contributed by atoms with Crippen molar-refractivity contribution in [1.82, 2.24) is 0 Å². The van der Waals surface area contributed by atoms with Crippen molar-refractivity contribution >= 4 is 11.9 Å². The van der Waals surface area contributed by atoms with E-state index in [0.717, 1.165) is 0 Å². The van der Waals surface area contributed by atoms with Crippen LogP contribution in [0.4, 0.5) is 0 Å². The second kappa shape index (κ2) is 17.7. The molecule has 0 spiro atoms. The summed E-state index contributed by atoms with van der Waals surface area (Å²) in [5.74, 6) is -2.15. The molecule has 0 heterocycles. The summed E-state index contributed by atoms with van der Waals surface area (Å²) in [5, 5.41) is 49.8. The molecule has 43 heavy (non-hydrogen) atoms. The van der Waals surface area contributed by atoms with E-state index in [1.54, 1.807) is 109 Å². The maximum absolute atomic E-state index is 11.9. The number of ether oxygens (including phenoxy) is 1. The number of aliphatic hydroxyl groups is 4. The van der Waals surface area contributed by atoms with Crippen LogP contribution in [0.15, 0.2) is 121 Å². The molecule has 6 N–H and O–H groups in total. The molecule has 9 nitrogen and oxygen atoms in total. The van der Waals surface area contributed by atoms with Crippen LogP contribution in [0.5, 0.6) is 0 Å². The van der Waals surface area contributed by atoms with Gasteiger partial charge in [0, 0.05) is 0 Å². The van der Waals surface area contributed by atoms with E-state index >= 15 is 0 Å². The minimum absolute atomic E-state index is 0. The molecule has 4 aromatic rings. The minimum atomic E-state index is -1.74. The second-order valence-electron chi connectivity index (χ2n) is 9.39. The fourth-order valence-corrected chi connectivity index (χ4v) is 4.97. The Labute approximate surface area is 272 Å². The molecule has 0 aliphatic heterocycles. The number of benzene rings is 4. The van der Waals surface area contributed by atoms with E-state index in [2.05, 4.69) is 4.74 Å². The topological polar surface area (TPSA) is 175 Å². The molecule has 0 radical (unpaired) electrons. The number of aliphatic carboxylic acids is 1. The van der Waals surface area contributed by atoms with Crippen LogP contribution in [-0.2, 0) is 25.2 Å². The van der Waals surface area contributed by atoms with Crippen molar-refractivity contribution in [1.29, 1.82) is 0 Å². The fourth-order valence-electron chi connectivity index (χ4n) is 4.97. The number of carbonyl (C=O) groups excluding carboxylic acids is 1. The molecule has 4 rings (SSSR count). The quantitative estimate of drug-likeness (QED) is 0.122. The van der Waals surface area contributed by atoms with E-state index in [-0.39, 0.29) is 35.0 Å². The van der Waals surface area contributed by atoms with Crippen LogP contribution in [-0.4, -0.2) is 75.5 Å². The fraction of sp³-hybridized carbons (Fsp3) is 0.212. The zero-order valence-corrected chi connectivity index (χ0v) is 26.0. The molecular formula is C33H35NaO9. The summed E-state index contributed by atoms with van der Waals surface area (Å²) in [6, 6.07) is 35.3. The van der Waals surface area contributed by atoms with Crippen LogP contribution < -0.4 is 29.6 Å². The summed E-state index contributed by atoms with van der Waals surface area (Å²) in [5.41, 5.74) is -0.218. The van der Waals surface area contributed by atoms with Crippen LogP contribution in [0.25, 0.3) is 0 Å². The Kier molecular flexibility index (Phi) is 15.5. The molecule has 2 unspecified atom stereocenters. The van der Waals surface area contributed by atoms with Crippen molar-refractivity contribution in [2.75, 3.05) is 20.3 Å². The molecule has 4 aromatic carbocycles. The van der Waals surface area contributed by atoms with Crippen LogP contribution in [0.2, 0.25) is 0 Å². The van der Waals surface area contributed by atoms with E-state index in [4.69, 9.17) is 0 Å². The zero-order chi connectivity index (χ0) is 29.9. The van der Waals surface area contributed by atoms with Gasteiger partial charge in [0.1, 0.15) is 0 Å². The van der Waals surface area contributed by atoms with Gasteiger partial charge in [-0.1, -0.05) is 121 Å². The van der Waals surface area contributed by atoms with E-state index in [1.807, 2.05) is 12.1 Å². The SMILES string of the molecule is COC(=O)C(O)C(CO)(c1ccccc1)c1ccccc1.O=C(O)C(O)C(CO)(c1ccccc1)c1ccccc1.[Na+].[OH-]. The predicted molar refractivity (Wildman–Crippen MR) is 155 cm³/mol. The van der Waals surface area contributed by atoms with Gasteiger partial charge in [0.25, 0.3) is 0 Å². The molecule has 10 heteroatoms. The van der Waals surface area contributed by atoms with E-state index in [1.165, 1.54) is 7.11 Å². The van der Waals surface area contributed by atoms with E-state index in [0.29, 0.717) is 22.3 Å². The first kappa shape index (κ1) is 37.6. The van der Waals surface area contributed by atoms with Gasteiger partial charge in [-0.3, -0.25) is 0 Å². The number of esters is 1. The summed E-state index contributed by atoms with van der Waals surface area (Å²) in [6.45, 7) is -0.925. The van der Waals surface area contributed by atoms with Gasteiger partial charge in [0.15, 0.2) is 12.2 Å². The molecule has 0 aliphatic carbocycles. The summed E-state index contributed by atoms with van der Waals surface area (Å²) in [4.78, 5) is 23.2. The molecule has 0 saturated carbocycles. The average molecular weight is 599 g/mol. The minimum Gasteiger partial charge on any atom is -0.870 e. The van der Waals surface area contributed by atoms with Gasteiger partial charge in [-0.05, 0) is 22.3 Å². The van der Waals surface area contributed by atoms with Crippen LogP contribution in [0.1, 0.15) is 22.3 Å². The Balaban J connectivity index is 0.000000411. The number of carboxylic acids is 1. The molecule has 222 valence electrons. The molecule has 0 bridgehead atoms. The molecule has 0 amide bonds. The van der Waals surface area contributed by atoms with Gasteiger partial charge in [-0.25, -0.2) is 9.59 Å². The third kappa shape index (κ3) is 7.97. The van der Waals surface area contributed by atoms with Gasteiger partial charge in [0.05, 0.1) is 31.2 Å². The van der Waals surface area contributed by atoms with Crippen molar-refractivity contribution in [2.45, 2.75) is 23.0 Å². The number of carboxylic acid groups (broad SMARTS) is 1. The summed E-state index contributed by atoms with van der Waals surface area (Å²) >= 11 is 0. The smallest absolute Gasteiger partial charge is 0.870 e. The number of carbonyl (C=O) groups is 2. The van der Waals surface area contributed by atoms with Gasteiger partial charge < -0.3 is 35.7 Å². The second-order valence-corrected chi connectivity index (χ2v) is 9.39. The first-order valence-electron chi connectivity index (χ1n) is 12.9. The first-order valence-corrected chi connectivity index (χ1v) is 12.9. The Morgan fingerprint density at radius 2 is 0.860 bits per heavy atom. The molecule has 0 aliphatic rings. The van der Waals surface area contributed by atoms with Crippen molar-refractivity contribution in [3.63, 3.8) is 0 Å². The van der Waals surface area contributed by atoms with Crippen molar-refractivity contribution < 1.29 is 74.9 Å². The molecule has 0 fully saturated rings.